The number of carbonyl (C=O) groups is 1. The first-order valence-electron chi connectivity index (χ1n) is 7.58. The third-order valence-corrected chi connectivity index (χ3v) is 3.75. The highest BCUT2D eigenvalue weighted by molar-refractivity contribution is 5.73. The summed E-state index contributed by atoms with van der Waals surface area (Å²) in [7, 11) is 0. The highest BCUT2D eigenvalue weighted by Gasteiger charge is 2.24. The van der Waals surface area contributed by atoms with Crippen LogP contribution in [0.1, 0.15) is 32.3 Å². The van der Waals surface area contributed by atoms with E-state index in [4.69, 9.17) is 0 Å². The zero-order chi connectivity index (χ0) is 14.4. The molecule has 110 valence electrons. The number of nitrogens with zero attached hydrogens (tertiary/aromatic N) is 1. The molecule has 0 aromatic heterocycles. The van der Waals surface area contributed by atoms with Crippen LogP contribution in [0.3, 0.4) is 0 Å². The molecule has 1 atom stereocenters. The molecule has 0 saturated heterocycles. The Morgan fingerprint density at radius 2 is 2.05 bits per heavy atom. The molecule has 0 saturated carbocycles. The minimum absolute atomic E-state index is 0.0540. The van der Waals surface area contributed by atoms with Crippen LogP contribution in [0.15, 0.2) is 24.3 Å². The lowest BCUT2D eigenvalue weighted by molar-refractivity contribution is 0.241. The topological polar surface area (TPSA) is 44.4 Å². The van der Waals surface area contributed by atoms with Crippen molar-refractivity contribution >= 4 is 11.7 Å². The Kier molecular flexibility index (Phi) is 5.27. The van der Waals surface area contributed by atoms with Crippen molar-refractivity contribution in [2.75, 3.05) is 24.5 Å². The van der Waals surface area contributed by atoms with Crippen molar-refractivity contribution in [3.05, 3.63) is 29.8 Å². The molecular formula is C16H25N3O. The predicted octanol–water partition coefficient (Wildman–Crippen LogP) is 2.54. The van der Waals surface area contributed by atoms with E-state index in [0.717, 1.165) is 38.9 Å². The molecule has 1 heterocycles. The minimum Gasteiger partial charge on any atom is -0.368 e. The van der Waals surface area contributed by atoms with Crippen molar-refractivity contribution in [3.63, 3.8) is 0 Å². The van der Waals surface area contributed by atoms with Gasteiger partial charge in [-0.15, -0.1) is 0 Å². The SMILES string of the molecule is CCCNC(=O)NCCCN1c2ccccc2CC1C. The van der Waals surface area contributed by atoms with Crippen molar-refractivity contribution in [2.45, 2.75) is 39.2 Å². The molecule has 2 N–H and O–H groups in total. The van der Waals surface area contributed by atoms with Crippen molar-refractivity contribution in [1.29, 1.82) is 0 Å². The molecule has 4 nitrogen and oxygen atoms in total. The normalized spacial score (nSPS) is 16.9. The number of para-hydroxylation sites is 1. The fourth-order valence-corrected chi connectivity index (χ4v) is 2.72. The van der Waals surface area contributed by atoms with Gasteiger partial charge < -0.3 is 15.5 Å². The number of urea groups is 1. The van der Waals surface area contributed by atoms with Crippen LogP contribution in [0.25, 0.3) is 0 Å². The summed E-state index contributed by atoms with van der Waals surface area (Å²) >= 11 is 0. The Labute approximate surface area is 121 Å². The van der Waals surface area contributed by atoms with Crippen molar-refractivity contribution in [3.8, 4) is 0 Å². The molecule has 1 aliphatic heterocycles. The van der Waals surface area contributed by atoms with Crippen LogP contribution in [-0.2, 0) is 6.42 Å². The average molecular weight is 275 g/mol. The smallest absolute Gasteiger partial charge is 0.314 e. The van der Waals surface area contributed by atoms with Crippen LogP contribution in [0.5, 0.6) is 0 Å². The monoisotopic (exact) mass is 275 g/mol. The Hall–Kier alpha value is -1.71. The summed E-state index contributed by atoms with van der Waals surface area (Å²) in [5.41, 5.74) is 2.80. The number of hydrogen-bond donors (Lipinski definition) is 2. The van der Waals surface area contributed by atoms with Gasteiger partial charge in [-0.3, -0.25) is 0 Å². The molecule has 0 bridgehead atoms. The first-order chi connectivity index (χ1) is 9.72. The molecule has 1 unspecified atom stereocenters. The zero-order valence-corrected chi connectivity index (χ0v) is 12.5. The van der Waals surface area contributed by atoms with Gasteiger partial charge in [0.15, 0.2) is 0 Å². The molecule has 1 aliphatic rings. The molecule has 1 aromatic carbocycles. The van der Waals surface area contributed by atoms with Gasteiger partial charge in [0.2, 0.25) is 0 Å². The number of hydrogen-bond acceptors (Lipinski definition) is 2. The van der Waals surface area contributed by atoms with Gasteiger partial charge in [0, 0.05) is 31.4 Å². The Bertz CT molecular complexity index is 447. The zero-order valence-electron chi connectivity index (χ0n) is 12.5. The molecular weight excluding hydrogens is 250 g/mol. The molecule has 0 fully saturated rings. The maximum absolute atomic E-state index is 11.4. The van der Waals surface area contributed by atoms with E-state index in [2.05, 4.69) is 46.7 Å². The Balaban J connectivity index is 1.73. The highest BCUT2D eigenvalue weighted by Crippen LogP contribution is 2.31. The number of nitrogens with one attached hydrogen (secondary N) is 2. The van der Waals surface area contributed by atoms with Crippen molar-refractivity contribution in [2.24, 2.45) is 0 Å². The number of rotatable bonds is 6. The molecule has 1 aromatic rings. The van der Waals surface area contributed by atoms with Crippen molar-refractivity contribution < 1.29 is 4.79 Å². The minimum atomic E-state index is -0.0540. The highest BCUT2D eigenvalue weighted by atomic mass is 16.2. The quantitative estimate of drug-likeness (QED) is 0.784. The summed E-state index contributed by atoms with van der Waals surface area (Å²) in [6.07, 6.45) is 3.06. The second-order valence-corrected chi connectivity index (χ2v) is 5.41. The first-order valence-corrected chi connectivity index (χ1v) is 7.58. The van der Waals surface area contributed by atoms with Crippen molar-refractivity contribution in [1.82, 2.24) is 10.6 Å². The van der Waals surface area contributed by atoms with Crippen LogP contribution < -0.4 is 15.5 Å². The lowest BCUT2D eigenvalue weighted by Gasteiger charge is -2.24. The summed E-state index contributed by atoms with van der Waals surface area (Å²) in [5.74, 6) is 0. The molecule has 0 aliphatic carbocycles. The molecule has 4 heteroatoms. The molecule has 20 heavy (non-hydrogen) atoms. The van der Waals surface area contributed by atoms with Gasteiger partial charge in [0.25, 0.3) is 0 Å². The number of fused-ring (bicyclic) bond motifs is 1. The van der Waals surface area contributed by atoms with E-state index >= 15 is 0 Å². The summed E-state index contributed by atoms with van der Waals surface area (Å²) < 4.78 is 0. The lowest BCUT2D eigenvalue weighted by atomic mass is 10.1. The lowest BCUT2D eigenvalue weighted by Crippen LogP contribution is -2.38. The largest absolute Gasteiger partial charge is 0.368 e. The fourth-order valence-electron chi connectivity index (χ4n) is 2.72. The first kappa shape index (κ1) is 14.7. The Morgan fingerprint density at radius 1 is 1.30 bits per heavy atom. The molecule has 2 rings (SSSR count). The fraction of sp³-hybridized carbons (Fsp3) is 0.562. The van der Waals surface area contributed by atoms with E-state index in [1.54, 1.807) is 0 Å². The van der Waals surface area contributed by atoms with Gasteiger partial charge in [-0.1, -0.05) is 25.1 Å². The second-order valence-electron chi connectivity index (χ2n) is 5.41. The van der Waals surface area contributed by atoms with Crippen LogP contribution >= 0.6 is 0 Å². The third-order valence-electron chi connectivity index (χ3n) is 3.75. The summed E-state index contributed by atoms with van der Waals surface area (Å²) in [6.45, 7) is 6.77. The van der Waals surface area contributed by atoms with E-state index in [-0.39, 0.29) is 6.03 Å². The molecule has 2 amide bonds. The number of amides is 2. The average Bonchev–Trinajstić information content (AvgIpc) is 2.77. The van der Waals surface area contributed by atoms with Gasteiger partial charge in [0.05, 0.1) is 0 Å². The van der Waals surface area contributed by atoms with E-state index in [1.807, 2.05) is 6.92 Å². The van der Waals surface area contributed by atoms with Gasteiger partial charge in [-0.2, -0.15) is 0 Å². The van der Waals surface area contributed by atoms with Gasteiger partial charge in [-0.25, -0.2) is 4.79 Å². The van der Waals surface area contributed by atoms with E-state index in [0.29, 0.717) is 6.04 Å². The van der Waals surface area contributed by atoms with Gasteiger partial charge in [0.1, 0.15) is 0 Å². The van der Waals surface area contributed by atoms with E-state index in [9.17, 15) is 4.79 Å². The van der Waals surface area contributed by atoms with E-state index in [1.165, 1.54) is 11.3 Å². The number of benzene rings is 1. The third kappa shape index (κ3) is 3.65. The second kappa shape index (κ2) is 7.17. The van der Waals surface area contributed by atoms with Crippen LogP contribution in [-0.4, -0.2) is 31.7 Å². The standard InChI is InChI=1S/C16H25N3O/c1-3-9-17-16(20)18-10-6-11-19-13(2)12-14-7-4-5-8-15(14)19/h4-5,7-8,13H,3,6,9-12H2,1-2H3,(H2,17,18,20). The van der Waals surface area contributed by atoms with E-state index < -0.39 is 0 Å². The summed E-state index contributed by atoms with van der Waals surface area (Å²) in [4.78, 5) is 13.9. The van der Waals surface area contributed by atoms with Gasteiger partial charge in [-0.05, 0) is 37.8 Å². The van der Waals surface area contributed by atoms with Gasteiger partial charge >= 0.3 is 6.03 Å². The van der Waals surface area contributed by atoms with Crippen LogP contribution in [0.2, 0.25) is 0 Å². The number of carbonyl (C=O) groups excluding carboxylic acids is 1. The predicted molar refractivity (Wildman–Crippen MR) is 83.3 cm³/mol. The Morgan fingerprint density at radius 3 is 2.85 bits per heavy atom. The van der Waals surface area contributed by atoms with Crippen LogP contribution in [0, 0.1) is 0 Å². The number of anilines is 1. The summed E-state index contributed by atoms with van der Waals surface area (Å²) in [6, 6.07) is 9.11. The maximum Gasteiger partial charge on any atom is 0.314 e. The molecule has 0 spiro atoms. The molecule has 0 radical (unpaired) electrons. The summed E-state index contributed by atoms with van der Waals surface area (Å²) in [5, 5.41) is 5.73. The maximum atomic E-state index is 11.4. The van der Waals surface area contributed by atoms with Crippen LogP contribution in [0.4, 0.5) is 10.5 Å².